The normalized spacial score (nSPS) is 13.5. The van der Waals surface area contributed by atoms with E-state index in [0.717, 1.165) is 17.5 Å². The Kier molecular flexibility index (Phi) is 3.50. The maximum absolute atomic E-state index is 10.0. The van der Waals surface area contributed by atoms with Crippen LogP contribution in [0.3, 0.4) is 0 Å². The number of nitrogens with zero attached hydrogens (tertiary/aromatic N) is 1. The monoisotopic (exact) mass is 233 g/mol. The van der Waals surface area contributed by atoms with E-state index in [-0.39, 0.29) is 0 Å². The van der Waals surface area contributed by atoms with Gasteiger partial charge in [-0.05, 0) is 45.6 Å². The Balaban J connectivity index is 2.18. The highest BCUT2D eigenvalue weighted by atomic mass is 16.4. The fourth-order valence-corrected chi connectivity index (χ4v) is 1.87. The summed E-state index contributed by atoms with van der Waals surface area (Å²) >= 11 is 0. The van der Waals surface area contributed by atoms with Gasteiger partial charge in [0.05, 0.1) is 0 Å². The number of hydrogen-bond acceptors (Lipinski definition) is 3. The molecule has 17 heavy (non-hydrogen) atoms. The van der Waals surface area contributed by atoms with Gasteiger partial charge in [-0.25, -0.2) is 0 Å². The van der Waals surface area contributed by atoms with E-state index in [0.29, 0.717) is 12.2 Å². The van der Waals surface area contributed by atoms with Crippen molar-refractivity contribution in [2.45, 2.75) is 19.4 Å². The molecule has 0 spiro atoms. The number of fused-ring (bicyclic) bond motifs is 1. The first-order chi connectivity index (χ1) is 8.06. The highest BCUT2D eigenvalue weighted by Gasteiger charge is 2.13. The highest BCUT2D eigenvalue weighted by Crippen LogP contribution is 2.26. The Morgan fingerprint density at radius 2 is 2.06 bits per heavy atom. The molecule has 1 N–H and O–H groups in total. The smallest absolute Gasteiger partial charge is 0.134 e. The molecule has 3 heteroatoms. The van der Waals surface area contributed by atoms with E-state index in [9.17, 15) is 5.11 Å². The molecular weight excluding hydrogens is 214 g/mol. The molecule has 0 saturated carbocycles. The standard InChI is InChI=1S/C14H19NO2/c1-10-4-5-13-11(8-10)9-14(17-13)12(16)6-7-15(2)3/h4-5,8-9,12,16H,6-7H2,1-3H3. The fraction of sp³-hybridized carbons (Fsp3) is 0.429. The third kappa shape index (κ3) is 2.87. The van der Waals surface area contributed by atoms with Crippen LogP contribution in [0, 0.1) is 6.92 Å². The second-order valence-corrected chi connectivity index (χ2v) is 4.80. The van der Waals surface area contributed by atoms with Gasteiger partial charge < -0.3 is 14.4 Å². The van der Waals surface area contributed by atoms with Gasteiger partial charge in [0.2, 0.25) is 0 Å². The Morgan fingerprint density at radius 1 is 1.29 bits per heavy atom. The lowest BCUT2D eigenvalue weighted by Gasteiger charge is -2.12. The van der Waals surface area contributed by atoms with Crippen LogP contribution in [0.2, 0.25) is 0 Å². The SMILES string of the molecule is Cc1ccc2oc(C(O)CCN(C)C)cc2c1. The van der Waals surface area contributed by atoms with E-state index >= 15 is 0 Å². The molecule has 2 rings (SSSR count). The van der Waals surface area contributed by atoms with Crippen molar-refractivity contribution in [2.75, 3.05) is 20.6 Å². The molecule has 0 bridgehead atoms. The van der Waals surface area contributed by atoms with E-state index in [1.165, 1.54) is 5.56 Å². The molecule has 0 amide bonds. The molecule has 0 radical (unpaired) electrons. The quantitative estimate of drug-likeness (QED) is 0.882. The summed E-state index contributed by atoms with van der Waals surface area (Å²) in [6.45, 7) is 2.89. The number of benzene rings is 1. The zero-order valence-corrected chi connectivity index (χ0v) is 10.6. The number of furan rings is 1. The third-order valence-electron chi connectivity index (χ3n) is 2.87. The zero-order valence-electron chi connectivity index (χ0n) is 10.6. The van der Waals surface area contributed by atoms with Crippen molar-refractivity contribution in [2.24, 2.45) is 0 Å². The molecule has 1 atom stereocenters. The Labute approximate surface area is 102 Å². The van der Waals surface area contributed by atoms with Gasteiger partial charge in [-0.15, -0.1) is 0 Å². The van der Waals surface area contributed by atoms with Crippen LogP contribution in [0.25, 0.3) is 11.0 Å². The third-order valence-corrected chi connectivity index (χ3v) is 2.87. The second-order valence-electron chi connectivity index (χ2n) is 4.80. The topological polar surface area (TPSA) is 36.6 Å². The van der Waals surface area contributed by atoms with Crippen molar-refractivity contribution in [3.05, 3.63) is 35.6 Å². The molecule has 1 unspecified atom stereocenters. The summed E-state index contributed by atoms with van der Waals surface area (Å²) in [5.41, 5.74) is 2.04. The maximum atomic E-state index is 10.0. The number of aliphatic hydroxyl groups is 1. The van der Waals surface area contributed by atoms with E-state index in [2.05, 4.69) is 17.9 Å². The summed E-state index contributed by atoms with van der Waals surface area (Å²) in [7, 11) is 3.99. The highest BCUT2D eigenvalue weighted by molar-refractivity contribution is 5.78. The molecule has 0 aliphatic carbocycles. The molecule has 1 aromatic heterocycles. The lowest BCUT2D eigenvalue weighted by Crippen LogP contribution is -2.15. The van der Waals surface area contributed by atoms with Gasteiger partial charge in [-0.3, -0.25) is 0 Å². The van der Waals surface area contributed by atoms with Crippen LogP contribution in [-0.2, 0) is 0 Å². The van der Waals surface area contributed by atoms with Gasteiger partial charge in [-0.1, -0.05) is 11.6 Å². The average Bonchev–Trinajstić information content (AvgIpc) is 2.68. The summed E-state index contributed by atoms with van der Waals surface area (Å²) in [6, 6.07) is 7.97. The molecule has 0 saturated heterocycles. The van der Waals surface area contributed by atoms with Gasteiger partial charge >= 0.3 is 0 Å². The minimum absolute atomic E-state index is 0.523. The largest absolute Gasteiger partial charge is 0.458 e. The first-order valence-corrected chi connectivity index (χ1v) is 5.89. The van der Waals surface area contributed by atoms with Crippen LogP contribution >= 0.6 is 0 Å². The van der Waals surface area contributed by atoms with Crippen LogP contribution < -0.4 is 0 Å². The van der Waals surface area contributed by atoms with Crippen LogP contribution in [0.1, 0.15) is 23.8 Å². The van der Waals surface area contributed by atoms with E-state index in [1.54, 1.807) is 0 Å². The van der Waals surface area contributed by atoms with Crippen LogP contribution in [0.5, 0.6) is 0 Å². The Morgan fingerprint density at radius 3 is 2.76 bits per heavy atom. The summed E-state index contributed by atoms with van der Waals surface area (Å²) in [5, 5.41) is 11.1. The lowest BCUT2D eigenvalue weighted by molar-refractivity contribution is 0.131. The van der Waals surface area contributed by atoms with Crippen LogP contribution in [0.4, 0.5) is 0 Å². The molecular formula is C14H19NO2. The Bertz CT molecular complexity index is 502. The number of hydrogen-bond donors (Lipinski definition) is 1. The van der Waals surface area contributed by atoms with Crippen molar-refractivity contribution >= 4 is 11.0 Å². The van der Waals surface area contributed by atoms with Crippen molar-refractivity contribution < 1.29 is 9.52 Å². The van der Waals surface area contributed by atoms with Crippen molar-refractivity contribution in [1.82, 2.24) is 4.90 Å². The maximum Gasteiger partial charge on any atom is 0.134 e. The number of rotatable bonds is 4. The van der Waals surface area contributed by atoms with Gasteiger partial charge in [-0.2, -0.15) is 0 Å². The molecule has 1 aromatic carbocycles. The van der Waals surface area contributed by atoms with Gasteiger partial charge in [0, 0.05) is 11.9 Å². The van der Waals surface area contributed by atoms with Crippen molar-refractivity contribution in [3.8, 4) is 0 Å². The Hall–Kier alpha value is -1.32. The first-order valence-electron chi connectivity index (χ1n) is 5.89. The fourth-order valence-electron chi connectivity index (χ4n) is 1.87. The molecule has 0 aliphatic heterocycles. The lowest BCUT2D eigenvalue weighted by atomic mass is 10.1. The molecule has 92 valence electrons. The summed E-state index contributed by atoms with van der Waals surface area (Å²) in [6.07, 6.45) is 0.163. The average molecular weight is 233 g/mol. The first kappa shape index (κ1) is 12.1. The van der Waals surface area contributed by atoms with E-state index in [1.807, 2.05) is 32.3 Å². The molecule has 0 aliphatic rings. The number of aliphatic hydroxyl groups excluding tert-OH is 1. The zero-order chi connectivity index (χ0) is 12.4. The molecule has 3 nitrogen and oxygen atoms in total. The summed E-state index contributed by atoms with van der Waals surface area (Å²) in [5.74, 6) is 0.660. The number of aryl methyl sites for hydroxylation is 1. The van der Waals surface area contributed by atoms with Gasteiger partial charge in [0.1, 0.15) is 17.4 Å². The van der Waals surface area contributed by atoms with Crippen molar-refractivity contribution in [3.63, 3.8) is 0 Å². The van der Waals surface area contributed by atoms with Crippen LogP contribution in [0.15, 0.2) is 28.7 Å². The predicted octanol–water partition coefficient (Wildman–Crippen LogP) is 2.73. The predicted molar refractivity (Wildman–Crippen MR) is 69.1 cm³/mol. The molecule has 1 heterocycles. The van der Waals surface area contributed by atoms with Crippen molar-refractivity contribution in [1.29, 1.82) is 0 Å². The second kappa shape index (κ2) is 4.90. The van der Waals surface area contributed by atoms with Gasteiger partial charge in [0.15, 0.2) is 0 Å². The van der Waals surface area contributed by atoms with E-state index < -0.39 is 6.10 Å². The summed E-state index contributed by atoms with van der Waals surface area (Å²) in [4.78, 5) is 2.05. The molecule has 0 fully saturated rings. The molecule has 2 aromatic rings. The minimum atomic E-state index is -0.523. The summed E-state index contributed by atoms with van der Waals surface area (Å²) < 4.78 is 5.65. The van der Waals surface area contributed by atoms with E-state index in [4.69, 9.17) is 4.42 Å². The van der Waals surface area contributed by atoms with Crippen LogP contribution in [-0.4, -0.2) is 30.6 Å². The van der Waals surface area contributed by atoms with Gasteiger partial charge in [0.25, 0.3) is 0 Å². The minimum Gasteiger partial charge on any atom is -0.458 e.